The van der Waals surface area contributed by atoms with Crippen molar-refractivity contribution in [2.75, 3.05) is 6.61 Å². The predicted molar refractivity (Wildman–Crippen MR) is 78.5 cm³/mol. The Balaban J connectivity index is 2.59. The van der Waals surface area contributed by atoms with E-state index in [0.717, 1.165) is 0 Å². The highest BCUT2D eigenvalue weighted by atomic mass is 35.5. The van der Waals surface area contributed by atoms with Crippen LogP contribution in [0, 0.1) is 0 Å². The summed E-state index contributed by atoms with van der Waals surface area (Å²) in [4.78, 5) is 26.9. The van der Waals surface area contributed by atoms with Crippen molar-refractivity contribution in [1.29, 1.82) is 0 Å². The lowest BCUT2D eigenvalue weighted by Gasteiger charge is -2.21. The molecule has 1 rings (SSSR count). The van der Waals surface area contributed by atoms with Gasteiger partial charge in [0.15, 0.2) is 0 Å². The van der Waals surface area contributed by atoms with E-state index in [1.807, 2.05) is 20.8 Å². The van der Waals surface area contributed by atoms with E-state index in [1.54, 1.807) is 0 Å². The predicted octanol–water partition coefficient (Wildman–Crippen LogP) is 2.12. The standard InChI is InChI=1S/C14H19ClN2O4/c1-14(2,3)21-7-6-11(13(19)20)17-12(18)10-5-4-9(15)8-16-10/h4-5,8,11H,6-7H2,1-3H3,(H,17,18)(H,19,20). The fourth-order valence-corrected chi connectivity index (χ4v) is 1.59. The zero-order chi connectivity index (χ0) is 16.0. The number of nitrogens with zero attached hydrogens (tertiary/aromatic N) is 1. The van der Waals surface area contributed by atoms with Gasteiger partial charge in [0, 0.05) is 19.2 Å². The summed E-state index contributed by atoms with van der Waals surface area (Å²) < 4.78 is 5.47. The molecule has 1 aromatic heterocycles. The molecule has 0 spiro atoms. The van der Waals surface area contributed by atoms with Crippen molar-refractivity contribution < 1.29 is 19.4 Å². The number of carbonyl (C=O) groups excluding carboxylic acids is 1. The van der Waals surface area contributed by atoms with Gasteiger partial charge in [-0.15, -0.1) is 0 Å². The van der Waals surface area contributed by atoms with Gasteiger partial charge in [0.2, 0.25) is 0 Å². The lowest BCUT2D eigenvalue weighted by atomic mass is 10.1. The Morgan fingerprint density at radius 2 is 2.10 bits per heavy atom. The second-order valence-corrected chi connectivity index (χ2v) is 5.91. The maximum Gasteiger partial charge on any atom is 0.326 e. The molecule has 1 unspecified atom stereocenters. The van der Waals surface area contributed by atoms with Crippen LogP contribution in [0.3, 0.4) is 0 Å². The number of hydrogen-bond acceptors (Lipinski definition) is 4. The first-order valence-electron chi connectivity index (χ1n) is 6.48. The third kappa shape index (κ3) is 6.55. The summed E-state index contributed by atoms with van der Waals surface area (Å²) in [6.07, 6.45) is 1.50. The van der Waals surface area contributed by atoms with Crippen molar-refractivity contribution in [3.63, 3.8) is 0 Å². The minimum atomic E-state index is -1.12. The molecule has 1 heterocycles. The fourth-order valence-electron chi connectivity index (χ4n) is 1.48. The van der Waals surface area contributed by atoms with E-state index >= 15 is 0 Å². The first kappa shape index (κ1) is 17.4. The summed E-state index contributed by atoms with van der Waals surface area (Å²) in [7, 11) is 0. The van der Waals surface area contributed by atoms with E-state index in [2.05, 4.69) is 10.3 Å². The van der Waals surface area contributed by atoms with E-state index in [1.165, 1.54) is 18.3 Å². The van der Waals surface area contributed by atoms with Gasteiger partial charge in [-0.05, 0) is 32.9 Å². The number of carboxylic acids is 1. The van der Waals surface area contributed by atoms with Crippen LogP contribution in [0.1, 0.15) is 37.7 Å². The Bertz CT molecular complexity index is 497. The third-order valence-corrected chi connectivity index (χ3v) is 2.73. The number of hydrogen-bond donors (Lipinski definition) is 2. The van der Waals surface area contributed by atoms with Gasteiger partial charge < -0.3 is 15.2 Å². The quantitative estimate of drug-likeness (QED) is 0.839. The first-order valence-corrected chi connectivity index (χ1v) is 6.86. The van der Waals surface area contributed by atoms with Crippen LogP contribution >= 0.6 is 11.6 Å². The van der Waals surface area contributed by atoms with E-state index in [-0.39, 0.29) is 24.3 Å². The third-order valence-electron chi connectivity index (χ3n) is 2.51. The van der Waals surface area contributed by atoms with Crippen molar-refractivity contribution in [3.05, 3.63) is 29.0 Å². The summed E-state index contributed by atoms with van der Waals surface area (Å²) in [5.41, 5.74) is -0.243. The van der Waals surface area contributed by atoms with Crippen molar-refractivity contribution in [2.45, 2.75) is 38.8 Å². The molecule has 0 fully saturated rings. The molecule has 2 N–H and O–H groups in total. The number of carboxylic acid groups (broad SMARTS) is 1. The highest BCUT2D eigenvalue weighted by Gasteiger charge is 2.22. The van der Waals surface area contributed by atoms with Gasteiger partial charge in [-0.3, -0.25) is 4.79 Å². The zero-order valence-corrected chi connectivity index (χ0v) is 13.0. The summed E-state index contributed by atoms with van der Waals surface area (Å²) in [5, 5.41) is 11.9. The first-order chi connectivity index (χ1) is 9.69. The Morgan fingerprint density at radius 1 is 1.43 bits per heavy atom. The van der Waals surface area contributed by atoms with Gasteiger partial charge in [-0.1, -0.05) is 11.6 Å². The van der Waals surface area contributed by atoms with Crippen LogP contribution < -0.4 is 5.32 Å². The molecule has 0 aliphatic rings. The molecule has 1 aromatic rings. The average molecular weight is 315 g/mol. The number of ether oxygens (including phenoxy) is 1. The van der Waals surface area contributed by atoms with Crippen LogP contribution in [0.4, 0.5) is 0 Å². The zero-order valence-electron chi connectivity index (χ0n) is 12.2. The SMILES string of the molecule is CC(C)(C)OCCC(NC(=O)c1ccc(Cl)cn1)C(=O)O. The summed E-state index contributed by atoms with van der Waals surface area (Å²) in [6.45, 7) is 5.85. The molecule has 0 aliphatic heterocycles. The molecule has 116 valence electrons. The molecule has 0 aromatic carbocycles. The summed E-state index contributed by atoms with van der Waals surface area (Å²) >= 11 is 5.68. The average Bonchev–Trinajstić information content (AvgIpc) is 2.36. The van der Waals surface area contributed by atoms with Gasteiger partial charge >= 0.3 is 5.97 Å². The topological polar surface area (TPSA) is 88.5 Å². The van der Waals surface area contributed by atoms with Crippen LogP contribution in [0.5, 0.6) is 0 Å². The number of nitrogens with one attached hydrogen (secondary N) is 1. The van der Waals surface area contributed by atoms with Gasteiger partial charge in [-0.2, -0.15) is 0 Å². The number of pyridine rings is 1. The molecular weight excluding hydrogens is 296 g/mol. The highest BCUT2D eigenvalue weighted by molar-refractivity contribution is 6.30. The number of aromatic nitrogens is 1. The minimum Gasteiger partial charge on any atom is -0.480 e. The Kier molecular flexibility index (Phi) is 6.11. The normalized spacial score (nSPS) is 12.8. The van der Waals surface area contributed by atoms with Crippen LogP contribution in [0.2, 0.25) is 5.02 Å². The number of rotatable bonds is 6. The molecule has 0 saturated carbocycles. The Morgan fingerprint density at radius 3 is 2.57 bits per heavy atom. The molecule has 0 saturated heterocycles. The van der Waals surface area contributed by atoms with Crippen LogP contribution in [-0.2, 0) is 9.53 Å². The molecule has 0 aliphatic carbocycles. The maximum absolute atomic E-state index is 11.9. The lowest BCUT2D eigenvalue weighted by Crippen LogP contribution is -2.42. The number of halogens is 1. The largest absolute Gasteiger partial charge is 0.480 e. The van der Waals surface area contributed by atoms with E-state index < -0.39 is 17.9 Å². The highest BCUT2D eigenvalue weighted by Crippen LogP contribution is 2.09. The maximum atomic E-state index is 11.9. The van der Waals surface area contributed by atoms with Crippen molar-refractivity contribution >= 4 is 23.5 Å². The summed E-state index contributed by atoms with van der Waals surface area (Å²) in [6, 6.07) is 1.92. The monoisotopic (exact) mass is 314 g/mol. The Labute approximate surface area is 128 Å². The molecule has 21 heavy (non-hydrogen) atoms. The number of amides is 1. The van der Waals surface area contributed by atoms with Gasteiger partial charge in [0.1, 0.15) is 11.7 Å². The van der Waals surface area contributed by atoms with Crippen LogP contribution in [0.25, 0.3) is 0 Å². The van der Waals surface area contributed by atoms with Crippen molar-refractivity contribution in [3.8, 4) is 0 Å². The number of aliphatic carboxylic acids is 1. The van der Waals surface area contributed by atoms with E-state index in [4.69, 9.17) is 21.4 Å². The van der Waals surface area contributed by atoms with Crippen LogP contribution in [0.15, 0.2) is 18.3 Å². The second kappa shape index (κ2) is 7.38. The minimum absolute atomic E-state index is 0.113. The van der Waals surface area contributed by atoms with Crippen LogP contribution in [-0.4, -0.2) is 40.2 Å². The molecule has 0 bridgehead atoms. The fraction of sp³-hybridized carbons (Fsp3) is 0.500. The van der Waals surface area contributed by atoms with Crippen molar-refractivity contribution in [2.24, 2.45) is 0 Å². The smallest absolute Gasteiger partial charge is 0.326 e. The van der Waals surface area contributed by atoms with Gasteiger partial charge in [0.05, 0.1) is 10.6 Å². The molecule has 1 atom stereocenters. The Hall–Kier alpha value is -1.66. The van der Waals surface area contributed by atoms with E-state index in [9.17, 15) is 9.59 Å². The molecule has 6 nitrogen and oxygen atoms in total. The second-order valence-electron chi connectivity index (χ2n) is 5.48. The molecule has 1 amide bonds. The molecule has 7 heteroatoms. The molecular formula is C14H19ClN2O4. The summed E-state index contributed by atoms with van der Waals surface area (Å²) in [5.74, 6) is -1.68. The van der Waals surface area contributed by atoms with Gasteiger partial charge in [0.25, 0.3) is 5.91 Å². The van der Waals surface area contributed by atoms with Gasteiger partial charge in [-0.25, -0.2) is 9.78 Å². The van der Waals surface area contributed by atoms with Crippen molar-refractivity contribution in [1.82, 2.24) is 10.3 Å². The lowest BCUT2D eigenvalue weighted by molar-refractivity contribution is -0.140. The molecule has 0 radical (unpaired) electrons. The number of carbonyl (C=O) groups is 2. The van der Waals surface area contributed by atoms with E-state index in [0.29, 0.717) is 5.02 Å².